The fraction of sp³-hybridized carbons (Fsp3) is 0.417. The van der Waals surface area contributed by atoms with E-state index < -0.39 is 10.0 Å². The molecule has 0 aromatic heterocycles. The van der Waals surface area contributed by atoms with Gasteiger partial charge in [-0.2, -0.15) is 4.31 Å². The zero-order chi connectivity index (χ0) is 23.6. The highest BCUT2D eigenvalue weighted by Gasteiger charge is 2.32. The van der Waals surface area contributed by atoms with Crippen molar-refractivity contribution in [3.63, 3.8) is 0 Å². The number of fused-ring (bicyclic) bond motifs is 1. The second-order valence-electron chi connectivity index (χ2n) is 8.59. The summed E-state index contributed by atoms with van der Waals surface area (Å²) in [6.07, 6.45) is 2.53. The number of nitrogens with one attached hydrogen (secondary N) is 1. The van der Waals surface area contributed by atoms with Gasteiger partial charge < -0.3 is 10.2 Å². The van der Waals surface area contributed by atoms with Crippen molar-refractivity contribution in [1.82, 2.24) is 4.31 Å². The third-order valence-electron chi connectivity index (χ3n) is 6.17. The van der Waals surface area contributed by atoms with Gasteiger partial charge in [0.15, 0.2) is 0 Å². The Morgan fingerprint density at radius 2 is 1.91 bits per heavy atom. The summed E-state index contributed by atoms with van der Waals surface area (Å²) in [6.45, 7) is 4.99. The lowest BCUT2D eigenvalue weighted by molar-refractivity contribution is -0.120. The van der Waals surface area contributed by atoms with Gasteiger partial charge in [0.25, 0.3) is 0 Å². The van der Waals surface area contributed by atoms with Gasteiger partial charge in [-0.05, 0) is 61.1 Å². The number of amides is 2. The average molecular weight is 488 g/mol. The maximum Gasteiger partial charge on any atom is 0.244 e. The summed E-state index contributed by atoms with van der Waals surface area (Å²) < 4.78 is 28.0. The molecule has 0 saturated carbocycles. The Labute approximate surface area is 199 Å². The van der Waals surface area contributed by atoms with Crippen LogP contribution in [0.3, 0.4) is 0 Å². The maximum absolute atomic E-state index is 13.2. The minimum Gasteiger partial charge on any atom is -0.325 e. The van der Waals surface area contributed by atoms with E-state index in [4.69, 9.17) is 0 Å². The zero-order valence-electron chi connectivity index (χ0n) is 18.9. The first-order valence-corrected chi connectivity index (χ1v) is 13.7. The number of benzene rings is 2. The van der Waals surface area contributed by atoms with Gasteiger partial charge in [-0.3, -0.25) is 9.59 Å². The first kappa shape index (κ1) is 23.8. The molecule has 0 aliphatic carbocycles. The lowest BCUT2D eigenvalue weighted by atomic mass is 10.0. The smallest absolute Gasteiger partial charge is 0.244 e. The zero-order valence-corrected chi connectivity index (χ0v) is 20.5. The lowest BCUT2D eigenvalue weighted by Crippen LogP contribution is -2.41. The molecule has 7 nitrogen and oxygen atoms in total. The van der Waals surface area contributed by atoms with Crippen LogP contribution in [0.4, 0.5) is 11.4 Å². The van der Waals surface area contributed by atoms with E-state index >= 15 is 0 Å². The number of carbonyl (C=O) groups excluding carboxylic acids is 2. The fourth-order valence-electron chi connectivity index (χ4n) is 4.10. The number of hydrogen-bond acceptors (Lipinski definition) is 5. The molecule has 2 aromatic carbocycles. The van der Waals surface area contributed by atoms with Gasteiger partial charge in [0.1, 0.15) is 6.54 Å². The van der Waals surface area contributed by atoms with Crippen LogP contribution < -0.4 is 10.2 Å². The molecule has 4 rings (SSSR count). The van der Waals surface area contributed by atoms with Crippen LogP contribution in [0.25, 0.3) is 0 Å². The van der Waals surface area contributed by atoms with Crippen LogP contribution in [-0.2, 0) is 26.0 Å². The van der Waals surface area contributed by atoms with Gasteiger partial charge in [-0.25, -0.2) is 8.42 Å². The van der Waals surface area contributed by atoms with Crippen molar-refractivity contribution in [3.8, 4) is 0 Å². The van der Waals surface area contributed by atoms with Crippen LogP contribution in [0.1, 0.15) is 32.3 Å². The van der Waals surface area contributed by atoms with E-state index in [9.17, 15) is 18.0 Å². The molecule has 0 radical (unpaired) electrons. The van der Waals surface area contributed by atoms with E-state index in [1.54, 1.807) is 12.1 Å². The van der Waals surface area contributed by atoms with E-state index in [-0.39, 0.29) is 29.0 Å². The van der Waals surface area contributed by atoms with Crippen LogP contribution in [0.5, 0.6) is 0 Å². The van der Waals surface area contributed by atoms with Crippen molar-refractivity contribution in [2.75, 3.05) is 35.6 Å². The molecule has 9 heteroatoms. The molecule has 176 valence electrons. The molecule has 0 bridgehead atoms. The monoisotopic (exact) mass is 487 g/mol. The van der Waals surface area contributed by atoms with Crippen molar-refractivity contribution in [1.29, 1.82) is 0 Å². The predicted molar refractivity (Wildman–Crippen MR) is 131 cm³/mol. The van der Waals surface area contributed by atoms with Crippen LogP contribution in [0, 0.1) is 5.92 Å². The summed E-state index contributed by atoms with van der Waals surface area (Å²) in [5, 5.41) is 2.85. The minimum atomic E-state index is -3.66. The third kappa shape index (κ3) is 5.26. The molecular formula is C24H29N3O4S2. The number of sulfonamides is 1. The number of anilines is 2. The molecule has 2 aliphatic heterocycles. The highest BCUT2D eigenvalue weighted by molar-refractivity contribution is 8.00. The summed E-state index contributed by atoms with van der Waals surface area (Å²) in [5.41, 5.74) is 2.25. The quantitative estimate of drug-likeness (QED) is 0.671. The Balaban J connectivity index is 1.56. The van der Waals surface area contributed by atoms with Crippen LogP contribution in [0.15, 0.2) is 52.3 Å². The summed E-state index contributed by atoms with van der Waals surface area (Å²) in [6, 6.07) is 12.5. The molecule has 2 amide bonds. The van der Waals surface area contributed by atoms with E-state index in [2.05, 4.69) is 12.2 Å². The van der Waals surface area contributed by atoms with Gasteiger partial charge in [0, 0.05) is 23.7 Å². The molecule has 2 aromatic rings. The molecule has 0 spiro atoms. The first-order valence-electron chi connectivity index (χ1n) is 11.2. The van der Waals surface area contributed by atoms with Gasteiger partial charge in [0.2, 0.25) is 21.8 Å². The standard InChI is InChI=1S/C24H29N3O4S2/c1-3-18-5-4-6-19(13-18)25-23(28)15-27-21-14-20(7-8-22(21)32-16-24(27)29)33(30,31)26-11-9-17(2)10-12-26/h4-8,13-14,17H,3,9-12,15-16H2,1-2H3,(H,25,28). The summed E-state index contributed by atoms with van der Waals surface area (Å²) in [4.78, 5) is 27.8. The second kappa shape index (κ2) is 9.87. The number of piperidine rings is 1. The number of hydrogen-bond donors (Lipinski definition) is 1. The van der Waals surface area contributed by atoms with Gasteiger partial charge in [0.05, 0.1) is 16.3 Å². The van der Waals surface area contributed by atoms with Crippen LogP contribution in [-0.4, -0.2) is 49.9 Å². The van der Waals surface area contributed by atoms with Gasteiger partial charge in [-0.15, -0.1) is 11.8 Å². The number of thioether (sulfide) groups is 1. The Bertz CT molecular complexity index is 1160. The lowest BCUT2D eigenvalue weighted by Gasteiger charge is -2.31. The van der Waals surface area contributed by atoms with Crippen molar-refractivity contribution in [3.05, 3.63) is 48.0 Å². The Morgan fingerprint density at radius 1 is 1.15 bits per heavy atom. The number of carbonyl (C=O) groups is 2. The van der Waals surface area contributed by atoms with Crippen molar-refractivity contribution >= 4 is 45.0 Å². The maximum atomic E-state index is 13.2. The number of rotatable bonds is 6. The Morgan fingerprint density at radius 3 is 2.64 bits per heavy atom. The highest BCUT2D eigenvalue weighted by atomic mass is 32.2. The SMILES string of the molecule is CCc1cccc(NC(=O)CN2C(=O)CSc3ccc(S(=O)(=O)N4CCC(C)CC4)cc32)c1. The molecular weight excluding hydrogens is 458 g/mol. The van der Waals surface area contributed by atoms with E-state index in [1.807, 2.05) is 31.2 Å². The minimum absolute atomic E-state index is 0.159. The third-order valence-corrected chi connectivity index (χ3v) is 9.12. The molecule has 1 saturated heterocycles. The first-order chi connectivity index (χ1) is 15.8. The fourth-order valence-corrected chi connectivity index (χ4v) is 6.51. The molecule has 33 heavy (non-hydrogen) atoms. The normalized spacial score (nSPS) is 17.6. The predicted octanol–water partition coefficient (Wildman–Crippen LogP) is 3.75. The van der Waals surface area contributed by atoms with Crippen LogP contribution >= 0.6 is 11.8 Å². The Hall–Kier alpha value is -2.36. The second-order valence-corrected chi connectivity index (χ2v) is 11.5. The molecule has 2 heterocycles. The van der Waals surface area contributed by atoms with Gasteiger partial charge in [-0.1, -0.05) is 26.0 Å². The van der Waals surface area contributed by atoms with Crippen LogP contribution in [0.2, 0.25) is 0 Å². The van der Waals surface area contributed by atoms with Crippen molar-refractivity contribution in [2.45, 2.75) is 42.9 Å². The summed E-state index contributed by atoms with van der Waals surface area (Å²) in [7, 11) is -3.66. The number of nitrogens with zero attached hydrogens (tertiary/aromatic N) is 2. The molecule has 0 unspecified atom stereocenters. The summed E-state index contributed by atoms with van der Waals surface area (Å²) in [5.74, 6) is 0.182. The molecule has 2 aliphatic rings. The Kier molecular flexibility index (Phi) is 7.11. The molecule has 1 N–H and O–H groups in total. The van der Waals surface area contributed by atoms with E-state index in [1.165, 1.54) is 27.0 Å². The topological polar surface area (TPSA) is 86.8 Å². The van der Waals surface area contributed by atoms with E-state index in [0.29, 0.717) is 30.4 Å². The highest BCUT2D eigenvalue weighted by Crippen LogP contribution is 2.37. The van der Waals surface area contributed by atoms with Crippen molar-refractivity contribution in [2.24, 2.45) is 5.92 Å². The molecule has 1 fully saturated rings. The molecule has 0 atom stereocenters. The average Bonchev–Trinajstić information content (AvgIpc) is 2.81. The largest absolute Gasteiger partial charge is 0.325 e. The number of aryl methyl sites for hydroxylation is 1. The summed E-state index contributed by atoms with van der Waals surface area (Å²) >= 11 is 1.36. The van der Waals surface area contributed by atoms with Crippen molar-refractivity contribution < 1.29 is 18.0 Å². The van der Waals surface area contributed by atoms with Gasteiger partial charge >= 0.3 is 0 Å². The van der Waals surface area contributed by atoms with E-state index in [0.717, 1.165) is 29.7 Å².